The highest BCUT2D eigenvalue weighted by atomic mass is 32.1. The number of imide groups is 1. The normalized spacial score (nSPS) is 20.2. The molecule has 2 aromatic rings. The molecule has 0 saturated carbocycles. The Kier molecular flexibility index (Phi) is 4.11. The highest BCUT2D eigenvalue weighted by Gasteiger charge is 2.50. The third kappa shape index (κ3) is 2.67. The maximum absolute atomic E-state index is 12.7. The topological polar surface area (TPSA) is 69.7 Å². The molecule has 1 N–H and O–H groups in total. The van der Waals surface area contributed by atoms with Gasteiger partial charge in [0.25, 0.3) is 5.91 Å². The summed E-state index contributed by atoms with van der Waals surface area (Å²) in [7, 11) is 1.62. The van der Waals surface area contributed by atoms with Gasteiger partial charge >= 0.3 is 6.03 Å². The van der Waals surface area contributed by atoms with Crippen molar-refractivity contribution in [3.05, 3.63) is 52.7 Å². The zero-order chi connectivity index (χ0) is 17.3. The van der Waals surface area contributed by atoms with Crippen molar-refractivity contribution in [3.8, 4) is 0 Å². The van der Waals surface area contributed by atoms with Crippen LogP contribution in [0.1, 0.15) is 11.8 Å². The summed E-state index contributed by atoms with van der Waals surface area (Å²) >= 11 is 1.39. The first-order valence-corrected chi connectivity index (χ1v) is 8.31. The second kappa shape index (κ2) is 6.09. The molecule has 0 spiro atoms. The van der Waals surface area contributed by atoms with Crippen LogP contribution in [0.2, 0.25) is 0 Å². The molecule has 1 aromatic heterocycles. The van der Waals surface area contributed by atoms with E-state index in [2.05, 4.69) is 5.32 Å². The number of para-hydroxylation sites is 1. The Hall–Kier alpha value is -2.67. The first-order chi connectivity index (χ1) is 11.4. The first-order valence-electron chi connectivity index (χ1n) is 7.43. The number of carbonyl (C=O) groups excluding carboxylic acids is 3. The number of urea groups is 1. The third-order valence-electron chi connectivity index (χ3n) is 4.10. The van der Waals surface area contributed by atoms with Crippen LogP contribution < -0.4 is 10.2 Å². The minimum absolute atomic E-state index is 0.295. The average Bonchev–Trinajstić information content (AvgIpc) is 3.19. The number of anilines is 1. The van der Waals surface area contributed by atoms with Crippen molar-refractivity contribution in [1.29, 1.82) is 0 Å². The smallest absolute Gasteiger partial charge is 0.319 e. The van der Waals surface area contributed by atoms with Gasteiger partial charge in [-0.3, -0.25) is 14.5 Å². The summed E-state index contributed by atoms with van der Waals surface area (Å²) < 4.78 is 0. The molecule has 0 aliphatic carbocycles. The summed E-state index contributed by atoms with van der Waals surface area (Å²) in [5, 5.41) is 4.54. The number of hydrogen-bond acceptors (Lipinski definition) is 4. The predicted octanol–water partition coefficient (Wildman–Crippen LogP) is 2.18. The van der Waals surface area contributed by atoms with Gasteiger partial charge in [0.2, 0.25) is 5.91 Å². The summed E-state index contributed by atoms with van der Waals surface area (Å²) in [5.74, 6) is -0.745. The molecule has 4 amide bonds. The van der Waals surface area contributed by atoms with Gasteiger partial charge in [0.1, 0.15) is 6.54 Å². The van der Waals surface area contributed by atoms with Crippen LogP contribution in [-0.4, -0.2) is 36.3 Å². The van der Waals surface area contributed by atoms with Crippen molar-refractivity contribution in [2.45, 2.75) is 12.5 Å². The molecule has 7 heteroatoms. The lowest BCUT2D eigenvalue weighted by Gasteiger charge is -2.22. The Labute approximate surface area is 143 Å². The summed E-state index contributed by atoms with van der Waals surface area (Å²) in [4.78, 5) is 40.5. The van der Waals surface area contributed by atoms with E-state index in [4.69, 9.17) is 0 Å². The largest absolute Gasteiger partial charge is 0.325 e. The fourth-order valence-electron chi connectivity index (χ4n) is 2.61. The molecule has 1 unspecified atom stereocenters. The lowest BCUT2D eigenvalue weighted by Crippen LogP contribution is -2.43. The number of benzene rings is 1. The van der Waals surface area contributed by atoms with E-state index in [-0.39, 0.29) is 12.5 Å². The van der Waals surface area contributed by atoms with Gasteiger partial charge in [0.15, 0.2) is 5.54 Å². The van der Waals surface area contributed by atoms with Crippen LogP contribution in [0.4, 0.5) is 10.5 Å². The first kappa shape index (κ1) is 16.2. The maximum Gasteiger partial charge on any atom is 0.325 e. The fraction of sp³-hybridized carbons (Fsp3) is 0.235. The van der Waals surface area contributed by atoms with E-state index in [1.165, 1.54) is 16.2 Å². The van der Waals surface area contributed by atoms with Crippen LogP contribution in [-0.2, 0) is 15.1 Å². The van der Waals surface area contributed by atoms with E-state index in [1.807, 2.05) is 29.6 Å². The van der Waals surface area contributed by atoms with Crippen LogP contribution in [0.25, 0.3) is 0 Å². The van der Waals surface area contributed by atoms with E-state index in [1.54, 1.807) is 32.2 Å². The van der Waals surface area contributed by atoms with E-state index >= 15 is 0 Å². The molecule has 3 rings (SSSR count). The Morgan fingerprint density at radius 2 is 1.92 bits per heavy atom. The Balaban J connectivity index is 1.77. The van der Waals surface area contributed by atoms with Gasteiger partial charge in [-0.2, -0.15) is 0 Å². The van der Waals surface area contributed by atoms with Gasteiger partial charge in [-0.25, -0.2) is 4.79 Å². The number of likely N-dealkylation sites (N-methyl/N-ethyl adjacent to an activating group) is 1. The second-order valence-corrected chi connectivity index (χ2v) is 6.66. The van der Waals surface area contributed by atoms with Crippen molar-refractivity contribution in [3.63, 3.8) is 0 Å². The van der Waals surface area contributed by atoms with E-state index in [0.29, 0.717) is 5.69 Å². The average molecular weight is 343 g/mol. The lowest BCUT2D eigenvalue weighted by atomic mass is 10.0. The van der Waals surface area contributed by atoms with Gasteiger partial charge in [-0.1, -0.05) is 24.3 Å². The predicted molar refractivity (Wildman–Crippen MR) is 91.8 cm³/mol. The zero-order valence-corrected chi connectivity index (χ0v) is 14.2. The molecular formula is C17H17N3O3S. The Morgan fingerprint density at radius 3 is 2.54 bits per heavy atom. The number of nitrogens with zero attached hydrogens (tertiary/aromatic N) is 2. The van der Waals surface area contributed by atoms with Crippen molar-refractivity contribution >= 4 is 34.9 Å². The molecule has 2 heterocycles. The van der Waals surface area contributed by atoms with Crippen molar-refractivity contribution in [1.82, 2.24) is 10.2 Å². The molecule has 6 nitrogen and oxygen atoms in total. The SMILES string of the molecule is CN(C(=O)CN1C(=O)NC(C)(c2cccs2)C1=O)c1ccccc1. The van der Waals surface area contributed by atoms with Crippen molar-refractivity contribution in [2.24, 2.45) is 0 Å². The molecule has 1 aliphatic rings. The van der Waals surface area contributed by atoms with E-state index in [9.17, 15) is 14.4 Å². The number of amides is 4. The molecule has 0 bridgehead atoms. The van der Waals surface area contributed by atoms with Crippen molar-refractivity contribution < 1.29 is 14.4 Å². The number of carbonyl (C=O) groups is 3. The van der Waals surface area contributed by atoms with E-state index < -0.39 is 17.5 Å². The summed E-state index contributed by atoms with van der Waals surface area (Å²) in [6, 6.07) is 12.1. The van der Waals surface area contributed by atoms with E-state index in [0.717, 1.165) is 9.78 Å². The third-order valence-corrected chi connectivity index (χ3v) is 5.19. The molecule has 1 atom stereocenters. The van der Waals surface area contributed by atoms with Crippen LogP contribution in [0.3, 0.4) is 0 Å². The quantitative estimate of drug-likeness (QED) is 0.865. The summed E-state index contributed by atoms with van der Waals surface area (Å²) in [5.41, 5.74) is -0.410. The number of rotatable bonds is 4. The molecule has 1 aromatic carbocycles. The standard InChI is InChI=1S/C17H17N3O3S/c1-17(13-9-6-10-24-13)15(22)20(16(23)18-17)11-14(21)19(2)12-7-4-3-5-8-12/h3-10H,11H2,1-2H3,(H,18,23). The molecule has 24 heavy (non-hydrogen) atoms. The zero-order valence-electron chi connectivity index (χ0n) is 13.4. The Morgan fingerprint density at radius 1 is 1.21 bits per heavy atom. The van der Waals surface area contributed by atoms with Crippen LogP contribution in [0, 0.1) is 0 Å². The fourth-order valence-corrected chi connectivity index (χ4v) is 3.44. The highest BCUT2D eigenvalue weighted by molar-refractivity contribution is 7.10. The molecule has 1 fully saturated rings. The minimum atomic E-state index is -1.11. The molecule has 1 saturated heterocycles. The van der Waals surface area contributed by atoms with Gasteiger partial charge in [-0.15, -0.1) is 11.3 Å². The van der Waals surface area contributed by atoms with Gasteiger partial charge in [0, 0.05) is 17.6 Å². The van der Waals surface area contributed by atoms with Gasteiger partial charge in [-0.05, 0) is 30.5 Å². The summed E-state index contributed by atoms with van der Waals surface area (Å²) in [6.07, 6.45) is 0. The lowest BCUT2D eigenvalue weighted by molar-refractivity contribution is -0.134. The Bertz CT molecular complexity index is 776. The van der Waals surface area contributed by atoms with Crippen LogP contribution in [0.15, 0.2) is 47.8 Å². The number of nitrogens with one attached hydrogen (secondary N) is 1. The minimum Gasteiger partial charge on any atom is -0.319 e. The number of thiophene rings is 1. The van der Waals surface area contributed by atoms with Gasteiger partial charge in [0.05, 0.1) is 0 Å². The molecule has 0 radical (unpaired) electrons. The monoisotopic (exact) mass is 343 g/mol. The van der Waals surface area contributed by atoms with Crippen molar-refractivity contribution in [2.75, 3.05) is 18.5 Å². The molecule has 124 valence electrons. The second-order valence-electron chi connectivity index (χ2n) is 5.71. The number of hydrogen-bond donors (Lipinski definition) is 1. The van der Waals surface area contributed by atoms with Gasteiger partial charge < -0.3 is 10.2 Å². The summed E-state index contributed by atoms with van der Waals surface area (Å²) in [6.45, 7) is 1.36. The highest BCUT2D eigenvalue weighted by Crippen LogP contribution is 2.31. The van der Waals surface area contributed by atoms with Crippen LogP contribution in [0.5, 0.6) is 0 Å². The van der Waals surface area contributed by atoms with Crippen LogP contribution >= 0.6 is 11.3 Å². The maximum atomic E-state index is 12.7. The molecular weight excluding hydrogens is 326 g/mol. The molecule has 1 aliphatic heterocycles.